The third-order valence-electron chi connectivity index (χ3n) is 3.51. The van der Waals surface area contributed by atoms with E-state index in [-0.39, 0.29) is 0 Å². The van der Waals surface area contributed by atoms with Gasteiger partial charge in [0.05, 0.1) is 17.4 Å². The zero-order valence-electron chi connectivity index (χ0n) is 10.3. The number of rotatable bonds is 2. The SMILES string of the molecule is Cc1nc(Cl)ccc1NC1CCc2ccccc21. The number of hydrogen-bond donors (Lipinski definition) is 1. The Balaban J connectivity index is 1.86. The summed E-state index contributed by atoms with van der Waals surface area (Å²) in [5.41, 5.74) is 4.88. The molecule has 1 atom stereocenters. The molecule has 1 aliphatic carbocycles. The second-order valence-corrected chi connectivity index (χ2v) is 5.09. The molecule has 2 aromatic rings. The van der Waals surface area contributed by atoms with Gasteiger partial charge in [-0.2, -0.15) is 0 Å². The van der Waals surface area contributed by atoms with Gasteiger partial charge in [-0.3, -0.25) is 0 Å². The summed E-state index contributed by atoms with van der Waals surface area (Å²) in [4.78, 5) is 4.27. The molecule has 3 rings (SSSR count). The predicted molar refractivity (Wildman–Crippen MR) is 75.1 cm³/mol. The number of aryl methyl sites for hydroxylation is 2. The lowest BCUT2D eigenvalue weighted by Crippen LogP contribution is -2.08. The third kappa shape index (κ3) is 2.08. The first kappa shape index (κ1) is 11.5. The predicted octanol–water partition coefficient (Wildman–Crippen LogP) is 4.14. The van der Waals surface area contributed by atoms with Crippen molar-refractivity contribution in [3.05, 3.63) is 58.4 Å². The molecule has 0 spiro atoms. The highest BCUT2D eigenvalue weighted by Crippen LogP contribution is 2.34. The zero-order chi connectivity index (χ0) is 12.5. The van der Waals surface area contributed by atoms with Crippen molar-refractivity contribution in [2.24, 2.45) is 0 Å². The average molecular weight is 259 g/mol. The molecule has 0 fully saturated rings. The molecule has 2 nitrogen and oxygen atoms in total. The van der Waals surface area contributed by atoms with Crippen LogP contribution < -0.4 is 5.32 Å². The van der Waals surface area contributed by atoms with Crippen LogP contribution in [0.15, 0.2) is 36.4 Å². The molecule has 1 aliphatic rings. The molecular formula is C15H15ClN2. The minimum absolute atomic E-state index is 0.392. The van der Waals surface area contributed by atoms with Crippen molar-refractivity contribution in [2.75, 3.05) is 5.32 Å². The van der Waals surface area contributed by atoms with Crippen LogP contribution in [0.25, 0.3) is 0 Å². The van der Waals surface area contributed by atoms with Crippen LogP contribution in [0.4, 0.5) is 5.69 Å². The summed E-state index contributed by atoms with van der Waals surface area (Å²) in [6.07, 6.45) is 2.29. The van der Waals surface area contributed by atoms with Crippen LogP contribution in [0.5, 0.6) is 0 Å². The van der Waals surface area contributed by atoms with E-state index in [1.165, 1.54) is 11.1 Å². The van der Waals surface area contributed by atoms with Crippen LogP contribution in [0.1, 0.15) is 29.3 Å². The van der Waals surface area contributed by atoms with Crippen molar-refractivity contribution in [1.29, 1.82) is 0 Å². The Morgan fingerprint density at radius 3 is 2.89 bits per heavy atom. The summed E-state index contributed by atoms with van der Waals surface area (Å²) in [5.74, 6) is 0. The Hall–Kier alpha value is -1.54. The van der Waals surface area contributed by atoms with Crippen molar-refractivity contribution in [1.82, 2.24) is 4.98 Å². The molecule has 1 unspecified atom stereocenters. The molecule has 1 aromatic heterocycles. The van der Waals surface area contributed by atoms with Crippen molar-refractivity contribution in [3.8, 4) is 0 Å². The van der Waals surface area contributed by atoms with Crippen molar-refractivity contribution in [3.63, 3.8) is 0 Å². The van der Waals surface area contributed by atoms with Crippen LogP contribution in [0.3, 0.4) is 0 Å². The molecule has 0 amide bonds. The van der Waals surface area contributed by atoms with Crippen LogP contribution >= 0.6 is 11.6 Å². The molecule has 1 N–H and O–H groups in total. The first-order valence-corrected chi connectivity index (χ1v) is 6.59. The van der Waals surface area contributed by atoms with Crippen LogP contribution in [-0.2, 0) is 6.42 Å². The number of halogens is 1. The van der Waals surface area contributed by atoms with E-state index in [1.807, 2.05) is 19.1 Å². The van der Waals surface area contributed by atoms with Crippen molar-refractivity contribution < 1.29 is 0 Å². The third-order valence-corrected chi connectivity index (χ3v) is 3.72. The van der Waals surface area contributed by atoms with Gasteiger partial charge in [0.25, 0.3) is 0 Å². The van der Waals surface area contributed by atoms with Gasteiger partial charge in [0.2, 0.25) is 0 Å². The number of fused-ring (bicyclic) bond motifs is 1. The molecule has 92 valence electrons. The molecular weight excluding hydrogens is 244 g/mol. The topological polar surface area (TPSA) is 24.9 Å². The second kappa shape index (κ2) is 4.62. The van der Waals surface area contributed by atoms with Gasteiger partial charge in [-0.05, 0) is 43.0 Å². The van der Waals surface area contributed by atoms with E-state index in [0.29, 0.717) is 11.2 Å². The van der Waals surface area contributed by atoms with E-state index < -0.39 is 0 Å². The fourth-order valence-electron chi connectivity index (χ4n) is 2.58. The maximum Gasteiger partial charge on any atom is 0.129 e. The Morgan fingerprint density at radius 1 is 1.22 bits per heavy atom. The maximum absolute atomic E-state index is 5.88. The lowest BCUT2D eigenvalue weighted by molar-refractivity contribution is 0.760. The van der Waals surface area contributed by atoms with Gasteiger partial charge in [0.15, 0.2) is 0 Å². The fourth-order valence-corrected chi connectivity index (χ4v) is 2.77. The minimum atomic E-state index is 0.392. The Morgan fingerprint density at radius 2 is 2.06 bits per heavy atom. The first-order valence-electron chi connectivity index (χ1n) is 6.21. The number of hydrogen-bond acceptors (Lipinski definition) is 2. The second-order valence-electron chi connectivity index (χ2n) is 4.70. The van der Waals surface area contributed by atoms with E-state index in [1.54, 1.807) is 0 Å². The monoisotopic (exact) mass is 258 g/mol. The number of aromatic nitrogens is 1. The summed E-state index contributed by atoms with van der Waals surface area (Å²) in [6, 6.07) is 12.9. The van der Waals surface area contributed by atoms with Crippen molar-refractivity contribution in [2.45, 2.75) is 25.8 Å². The lowest BCUT2D eigenvalue weighted by atomic mass is 10.1. The summed E-state index contributed by atoms with van der Waals surface area (Å²) in [5, 5.41) is 4.12. The van der Waals surface area contributed by atoms with E-state index in [0.717, 1.165) is 24.2 Å². The lowest BCUT2D eigenvalue weighted by Gasteiger charge is -2.17. The normalized spacial score (nSPS) is 17.6. The highest BCUT2D eigenvalue weighted by Gasteiger charge is 2.22. The Bertz CT molecular complexity index is 580. The number of anilines is 1. The summed E-state index contributed by atoms with van der Waals surface area (Å²) in [6.45, 7) is 1.98. The molecule has 0 aliphatic heterocycles. The van der Waals surface area contributed by atoms with Crippen molar-refractivity contribution >= 4 is 17.3 Å². The molecule has 1 aromatic carbocycles. The number of nitrogens with one attached hydrogen (secondary N) is 1. The summed E-state index contributed by atoms with van der Waals surface area (Å²) in [7, 11) is 0. The number of pyridine rings is 1. The van der Waals surface area contributed by atoms with Gasteiger partial charge in [-0.1, -0.05) is 35.9 Å². The van der Waals surface area contributed by atoms with E-state index in [2.05, 4.69) is 34.6 Å². The largest absolute Gasteiger partial charge is 0.377 e. The molecule has 0 bridgehead atoms. The van der Waals surface area contributed by atoms with Crippen LogP contribution in [-0.4, -0.2) is 4.98 Å². The molecule has 0 radical (unpaired) electrons. The Kier molecular flexibility index (Phi) is 2.96. The van der Waals surface area contributed by atoms with E-state index in [9.17, 15) is 0 Å². The van der Waals surface area contributed by atoms with Crippen LogP contribution in [0.2, 0.25) is 5.15 Å². The standard InChI is InChI=1S/C15H15ClN2/c1-10-13(8-9-15(16)17-10)18-14-7-6-11-4-2-3-5-12(11)14/h2-5,8-9,14,18H,6-7H2,1H3. The highest BCUT2D eigenvalue weighted by atomic mass is 35.5. The molecule has 18 heavy (non-hydrogen) atoms. The fraction of sp³-hybridized carbons (Fsp3) is 0.267. The van der Waals surface area contributed by atoms with Gasteiger partial charge in [-0.25, -0.2) is 4.98 Å². The number of benzene rings is 1. The highest BCUT2D eigenvalue weighted by molar-refractivity contribution is 6.29. The minimum Gasteiger partial charge on any atom is -0.377 e. The molecule has 1 heterocycles. The first-order chi connectivity index (χ1) is 8.74. The van der Waals surface area contributed by atoms with E-state index in [4.69, 9.17) is 11.6 Å². The van der Waals surface area contributed by atoms with Gasteiger partial charge >= 0.3 is 0 Å². The average Bonchev–Trinajstić information content (AvgIpc) is 2.76. The van der Waals surface area contributed by atoms with Gasteiger partial charge in [0, 0.05) is 0 Å². The maximum atomic E-state index is 5.88. The smallest absolute Gasteiger partial charge is 0.129 e. The Labute approximate surface area is 112 Å². The quantitative estimate of drug-likeness (QED) is 0.819. The summed E-state index contributed by atoms with van der Waals surface area (Å²) < 4.78 is 0. The van der Waals surface area contributed by atoms with Crippen LogP contribution in [0, 0.1) is 6.92 Å². The molecule has 0 saturated heterocycles. The molecule has 0 saturated carbocycles. The summed E-state index contributed by atoms with van der Waals surface area (Å²) >= 11 is 5.88. The van der Waals surface area contributed by atoms with E-state index >= 15 is 0 Å². The van der Waals surface area contributed by atoms with Gasteiger partial charge in [0.1, 0.15) is 5.15 Å². The van der Waals surface area contributed by atoms with Gasteiger partial charge < -0.3 is 5.32 Å². The zero-order valence-corrected chi connectivity index (χ0v) is 11.0. The van der Waals surface area contributed by atoms with Gasteiger partial charge in [-0.15, -0.1) is 0 Å². The number of nitrogens with zero attached hydrogens (tertiary/aromatic N) is 1. The molecule has 3 heteroatoms.